The van der Waals surface area contributed by atoms with Crippen molar-refractivity contribution in [3.63, 3.8) is 0 Å². The Morgan fingerprint density at radius 3 is 2.43 bits per heavy atom. The molecule has 6 nitrogen and oxygen atoms in total. The quantitative estimate of drug-likeness (QED) is 0.640. The molecule has 0 aromatic heterocycles. The molecule has 2 rings (SSSR count). The first kappa shape index (κ1) is 14.9. The lowest BCUT2D eigenvalue weighted by atomic mass is 10.1. The summed E-state index contributed by atoms with van der Waals surface area (Å²) in [6.45, 7) is 0. The topological polar surface area (TPSA) is 92.5 Å². The Morgan fingerprint density at radius 1 is 1.24 bits per heavy atom. The molecule has 0 aliphatic rings. The van der Waals surface area contributed by atoms with E-state index in [0.29, 0.717) is 11.4 Å². The number of carboxylic acids is 1. The van der Waals surface area contributed by atoms with Gasteiger partial charge in [0.2, 0.25) is 0 Å². The molecular formula is C13H8BrFN2O4. The molecule has 0 bridgehead atoms. The summed E-state index contributed by atoms with van der Waals surface area (Å²) in [6.07, 6.45) is 0. The third kappa shape index (κ3) is 3.34. The van der Waals surface area contributed by atoms with E-state index >= 15 is 0 Å². The van der Waals surface area contributed by atoms with Crippen molar-refractivity contribution >= 4 is 39.0 Å². The minimum atomic E-state index is -1.40. The van der Waals surface area contributed by atoms with Gasteiger partial charge in [0.1, 0.15) is 11.4 Å². The number of anilines is 2. The molecule has 0 atom stereocenters. The van der Waals surface area contributed by atoms with Crippen LogP contribution in [0.1, 0.15) is 10.4 Å². The number of halogens is 2. The van der Waals surface area contributed by atoms with Gasteiger partial charge in [0.05, 0.1) is 9.40 Å². The van der Waals surface area contributed by atoms with Crippen LogP contribution in [0.3, 0.4) is 0 Å². The van der Waals surface area contributed by atoms with Gasteiger partial charge in [0.15, 0.2) is 0 Å². The number of carboxylic acid groups (broad SMARTS) is 1. The molecule has 21 heavy (non-hydrogen) atoms. The molecule has 0 unspecified atom stereocenters. The van der Waals surface area contributed by atoms with Crippen LogP contribution in [0.25, 0.3) is 0 Å². The maximum atomic E-state index is 13.1. The lowest BCUT2D eigenvalue weighted by molar-refractivity contribution is -0.385. The molecule has 0 saturated heterocycles. The molecule has 8 heteroatoms. The lowest BCUT2D eigenvalue weighted by Crippen LogP contribution is -2.03. The second-order valence-electron chi connectivity index (χ2n) is 4.05. The Kier molecular flexibility index (Phi) is 4.18. The summed E-state index contributed by atoms with van der Waals surface area (Å²) in [6, 6.07) is 7.79. The van der Waals surface area contributed by atoms with E-state index < -0.39 is 28.0 Å². The van der Waals surface area contributed by atoms with E-state index in [2.05, 4.69) is 21.2 Å². The highest BCUT2D eigenvalue weighted by Crippen LogP contribution is 2.27. The van der Waals surface area contributed by atoms with Crippen molar-refractivity contribution in [2.75, 3.05) is 5.32 Å². The summed E-state index contributed by atoms with van der Waals surface area (Å²) in [5.74, 6) is -1.83. The van der Waals surface area contributed by atoms with E-state index in [-0.39, 0.29) is 4.47 Å². The molecule has 0 spiro atoms. The lowest BCUT2D eigenvalue weighted by Gasteiger charge is -2.08. The molecule has 2 aromatic rings. The molecule has 0 fully saturated rings. The van der Waals surface area contributed by atoms with Gasteiger partial charge in [-0.2, -0.15) is 0 Å². The molecule has 0 amide bonds. The maximum Gasteiger partial charge on any atom is 0.342 e. The van der Waals surface area contributed by atoms with E-state index in [1.807, 2.05) is 0 Å². The summed E-state index contributed by atoms with van der Waals surface area (Å²) < 4.78 is 13.4. The van der Waals surface area contributed by atoms with Gasteiger partial charge < -0.3 is 10.4 Å². The van der Waals surface area contributed by atoms with Crippen LogP contribution in [0, 0.1) is 15.9 Å². The van der Waals surface area contributed by atoms with Crippen molar-refractivity contribution in [3.8, 4) is 0 Å². The van der Waals surface area contributed by atoms with Crippen LogP contribution in [-0.4, -0.2) is 16.0 Å². The first-order chi connectivity index (χ1) is 9.88. The highest BCUT2D eigenvalue weighted by Gasteiger charge is 2.20. The summed E-state index contributed by atoms with van der Waals surface area (Å²) in [4.78, 5) is 21.0. The van der Waals surface area contributed by atoms with Crippen molar-refractivity contribution in [1.82, 2.24) is 0 Å². The highest BCUT2D eigenvalue weighted by atomic mass is 79.9. The van der Waals surface area contributed by atoms with Crippen molar-refractivity contribution in [3.05, 3.63) is 62.4 Å². The van der Waals surface area contributed by atoms with Crippen LogP contribution in [-0.2, 0) is 0 Å². The fourth-order valence-corrected chi connectivity index (χ4v) is 2.06. The number of carbonyl (C=O) groups is 1. The zero-order chi connectivity index (χ0) is 15.6. The van der Waals surface area contributed by atoms with Gasteiger partial charge in [-0.25, -0.2) is 9.18 Å². The van der Waals surface area contributed by atoms with Crippen molar-refractivity contribution < 1.29 is 19.2 Å². The molecule has 0 heterocycles. The number of benzene rings is 2. The number of hydrogen-bond acceptors (Lipinski definition) is 4. The largest absolute Gasteiger partial charge is 0.477 e. The Bertz CT molecular complexity index is 736. The van der Waals surface area contributed by atoms with Gasteiger partial charge in [0.25, 0.3) is 5.69 Å². The van der Waals surface area contributed by atoms with Gasteiger partial charge in [-0.1, -0.05) is 0 Å². The second kappa shape index (κ2) is 5.88. The number of rotatable bonds is 4. The molecule has 2 aromatic carbocycles. The number of nitrogens with one attached hydrogen (secondary N) is 1. The standard InChI is InChI=1S/C13H8BrFN2O4/c14-10-6-8(1-3-11(10)15)16-7-2-4-12(17(20)21)9(5-7)13(18)19/h1-6,16H,(H,18,19). The second-order valence-corrected chi connectivity index (χ2v) is 4.90. The normalized spacial score (nSPS) is 10.2. The van der Waals surface area contributed by atoms with Crippen LogP contribution >= 0.6 is 15.9 Å². The molecular weight excluding hydrogens is 347 g/mol. The highest BCUT2D eigenvalue weighted by molar-refractivity contribution is 9.10. The Balaban J connectivity index is 2.36. The predicted octanol–water partition coefficient (Wildman–Crippen LogP) is 3.94. The Morgan fingerprint density at radius 2 is 1.86 bits per heavy atom. The third-order valence-corrected chi connectivity index (χ3v) is 3.24. The SMILES string of the molecule is O=C(O)c1cc(Nc2ccc(F)c(Br)c2)ccc1[N+](=O)[O-]. The molecule has 108 valence electrons. The van der Waals surface area contributed by atoms with E-state index in [4.69, 9.17) is 5.11 Å². The summed E-state index contributed by atoms with van der Waals surface area (Å²) in [5.41, 5.74) is -0.0653. The molecule has 0 aliphatic carbocycles. The van der Waals surface area contributed by atoms with Crippen molar-refractivity contribution in [1.29, 1.82) is 0 Å². The predicted molar refractivity (Wildman–Crippen MR) is 77.4 cm³/mol. The van der Waals surface area contributed by atoms with Crippen LogP contribution in [0.5, 0.6) is 0 Å². The minimum Gasteiger partial charge on any atom is -0.477 e. The first-order valence-electron chi connectivity index (χ1n) is 5.62. The average Bonchev–Trinajstić information content (AvgIpc) is 2.42. The zero-order valence-electron chi connectivity index (χ0n) is 10.3. The summed E-state index contributed by atoms with van der Waals surface area (Å²) in [7, 11) is 0. The van der Waals surface area contributed by atoms with Crippen LogP contribution in [0.4, 0.5) is 21.5 Å². The summed E-state index contributed by atoms with van der Waals surface area (Å²) >= 11 is 3.03. The zero-order valence-corrected chi connectivity index (χ0v) is 11.9. The number of nitro benzene ring substituents is 1. The number of nitro groups is 1. The molecule has 0 saturated carbocycles. The molecule has 2 N–H and O–H groups in total. The number of hydrogen-bond donors (Lipinski definition) is 2. The fraction of sp³-hybridized carbons (Fsp3) is 0. The van der Waals surface area contributed by atoms with E-state index in [0.717, 1.165) is 12.1 Å². The maximum absolute atomic E-state index is 13.1. The molecule has 0 radical (unpaired) electrons. The average molecular weight is 355 g/mol. The van der Waals surface area contributed by atoms with Crippen LogP contribution < -0.4 is 5.32 Å². The van der Waals surface area contributed by atoms with Crippen molar-refractivity contribution in [2.24, 2.45) is 0 Å². The smallest absolute Gasteiger partial charge is 0.342 e. The van der Waals surface area contributed by atoms with Crippen molar-refractivity contribution in [2.45, 2.75) is 0 Å². The van der Waals surface area contributed by atoms with E-state index in [1.165, 1.54) is 24.3 Å². The Hall–Kier alpha value is -2.48. The van der Waals surface area contributed by atoms with Gasteiger partial charge in [-0.05, 0) is 46.3 Å². The van der Waals surface area contributed by atoms with Gasteiger partial charge in [0, 0.05) is 17.4 Å². The summed E-state index contributed by atoms with van der Waals surface area (Å²) in [5, 5.41) is 22.6. The van der Waals surface area contributed by atoms with Crippen LogP contribution in [0.2, 0.25) is 0 Å². The number of nitrogens with zero attached hydrogens (tertiary/aromatic N) is 1. The first-order valence-corrected chi connectivity index (χ1v) is 6.41. The van der Waals surface area contributed by atoms with Gasteiger partial charge in [-0.15, -0.1) is 0 Å². The Labute approximate surface area is 126 Å². The van der Waals surface area contributed by atoms with Gasteiger partial charge >= 0.3 is 5.97 Å². The fourth-order valence-electron chi connectivity index (χ4n) is 1.68. The van der Waals surface area contributed by atoms with Crippen LogP contribution in [0.15, 0.2) is 40.9 Å². The van der Waals surface area contributed by atoms with Gasteiger partial charge in [-0.3, -0.25) is 10.1 Å². The molecule has 0 aliphatic heterocycles. The monoisotopic (exact) mass is 354 g/mol. The minimum absolute atomic E-state index is 0.243. The van der Waals surface area contributed by atoms with E-state index in [9.17, 15) is 19.3 Å². The third-order valence-electron chi connectivity index (χ3n) is 2.63. The number of aromatic carboxylic acids is 1. The van der Waals surface area contributed by atoms with E-state index in [1.54, 1.807) is 0 Å².